The molecular weight excluding hydrogens is 263 g/mol. The van der Waals surface area contributed by atoms with E-state index >= 15 is 0 Å². The largest absolute Gasteiger partial charge is 0.368 e. The molecule has 0 spiro atoms. The van der Waals surface area contributed by atoms with Gasteiger partial charge in [-0.15, -0.1) is 0 Å². The molecule has 0 saturated heterocycles. The Morgan fingerprint density at radius 1 is 1.42 bits per heavy atom. The standard InChI is InChI=1S/C9H9FN4O5/c1-4(9(11)15)12-6-2-5(10)7(13(16)17)3-8(6)14(18)19/h2-4,12H,1H3,(H2,11,15)/t4-/m1/s1/i1D3. The fraction of sp³-hybridized carbons (Fsp3) is 0.222. The maximum Gasteiger partial charge on any atom is 0.311 e. The Labute approximate surface area is 109 Å². The van der Waals surface area contributed by atoms with E-state index in [9.17, 15) is 29.4 Å². The highest BCUT2D eigenvalue weighted by molar-refractivity contribution is 5.83. The number of halogens is 1. The second-order valence-electron chi connectivity index (χ2n) is 3.31. The highest BCUT2D eigenvalue weighted by atomic mass is 19.1. The van der Waals surface area contributed by atoms with Crippen molar-refractivity contribution in [2.75, 3.05) is 5.32 Å². The van der Waals surface area contributed by atoms with E-state index in [0.29, 0.717) is 12.1 Å². The van der Waals surface area contributed by atoms with Gasteiger partial charge < -0.3 is 11.1 Å². The summed E-state index contributed by atoms with van der Waals surface area (Å²) in [7, 11) is 0. The summed E-state index contributed by atoms with van der Waals surface area (Å²) in [6, 6.07) is -1.36. The van der Waals surface area contributed by atoms with Crippen molar-refractivity contribution in [3.63, 3.8) is 0 Å². The number of carbonyl (C=O) groups is 1. The van der Waals surface area contributed by atoms with Crippen LogP contribution in [0.25, 0.3) is 0 Å². The van der Waals surface area contributed by atoms with E-state index in [2.05, 4.69) is 0 Å². The van der Waals surface area contributed by atoms with Crippen LogP contribution in [0.5, 0.6) is 0 Å². The number of rotatable bonds is 5. The fourth-order valence-electron chi connectivity index (χ4n) is 1.18. The SMILES string of the molecule is [2H]C([2H])([2H])[C@@H](Nc1cc(F)c([N+](=O)[O-])cc1[N+](=O)[O-])C(N)=O. The van der Waals surface area contributed by atoms with Crippen LogP contribution in [-0.2, 0) is 4.79 Å². The molecule has 0 aromatic heterocycles. The Bertz CT molecular complexity index is 651. The van der Waals surface area contributed by atoms with Crippen molar-refractivity contribution < 1.29 is 23.1 Å². The highest BCUT2D eigenvalue weighted by Gasteiger charge is 2.26. The van der Waals surface area contributed by atoms with Crippen molar-refractivity contribution in [1.29, 1.82) is 0 Å². The zero-order chi connectivity index (χ0) is 17.2. The van der Waals surface area contributed by atoms with E-state index < -0.39 is 51.5 Å². The maximum atomic E-state index is 13.5. The van der Waals surface area contributed by atoms with Gasteiger partial charge in [0.05, 0.1) is 15.9 Å². The first-order valence-corrected chi connectivity index (χ1v) is 4.63. The molecule has 1 atom stereocenters. The third-order valence-corrected chi connectivity index (χ3v) is 2.04. The molecule has 0 radical (unpaired) electrons. The number of anilines is 1. The van der Waals surface area contributed by atoms with E-state index in [1.807, 2.05) is 5.32 Å². The highest BCUT2D eigenvalue weighted by Crippen LogP contribution is 2.32. The first kappa shape index (κ1) is 10.2. The number of benzene rings is 1. The van der Waals surface area contributed by atoms with Crippen LogP contribution in [0.1, 0.15) is 11.0 Å². The molecular formula is C9H9FN4O5. The Kier molecular flexibility index (Phi) is 2.81. The quantitative estimate of drug-likeness (QED) is 0.604. The van der Waals surface area contributed by atoms with Gasteiger partial charge in [0.2, 0.25) is 11.7 Å². The van der Waals surface area contributed by atoms with Crippen LogP contribution in [0.2, 0.25) is 0 Å². The van der Waals surface area contributed by atoms with E-state index in [1.165, 1.54) is 0 Å². The molecule has 0 fully saturated rings. The number of nitro groups is 2. The monoisotopic (exact) mass is 275 g/mol. The molecule has 1 aromatic carbocycles. The number of amides is 1. The Balaban J connectivity index is 3.40. The van der Waals surface area contributed by atoms with Gasteiger partial charge in [-0.1, -0.05) is 0 Å². The van der Waals surface area contributed by atoms with Gasteiger partial charge in [0, 0.05) is 10.2 Å². The van der Waals surface area contributed by atoms with Crippen LogP contribution in [0, 0.1) is 26.0 Å². The number of carbonyl (C=O) groups excluding carboxylic acids is 1. The lowest BCUT2D eigenvalue weighted by Gasteiger charge is -2.11. The molecule has 1 amide bonds. The lowest BCUT2D eigenvalue weighted by Crippen LogP contribution is -2.32. The average molecular weight is 275 g/mol. The zero-order valence-electron chi connectivity index (χ0n) is 12.1. The Morgan fingerprint density at radius 3 is 2.42 bits per heavy atom. The van der Waals surface area contributed by atoms with Crippen molar-refractivity contribution in [3.8, 4) is 0 Å². The number of nitrogens with two attached hydrogens (primary N) is 1. The van der Waals surface area contributed by atoms with Crippen LogP contribution < -0.4 is 11.1 Å². The van der Waals surface area contributed by atoms with Crippen LogP contribution in [-0.4, -0.2) is 21.8 Å². The molecule has 19 heavy (non-hydrogen) atoms. The van der Waals surface area contributed by atoms with E-state index in [4.69, 9.17) is 9.85 Å². The summed E-state index contributed by atoms with van der Waals surface area (Å²) in [4.78, 5) is 30.3. The number of primary amides is 1. The van der Waals surface area contributed by atoms with E-state index in [-0.39, 0.29) is 0 Å². The van der Waals surface area contributed by atoms with Crippen LogP contribution in [0.3, 0.4) is 0 Å². The van der Waals surface area contributed by atoms with Crippen LogP contribution in [0.4, 0.5) is 21.5 Å². The molecule has 0 bridgehead atoms. The van der Waals surface area contributed by atoms with E-state index in [0.717, 1.165) is 0 Å². The summed E-state index contributed by atoms with van der Waals surface area (Å²) in [5.41, 5.74) is 2.03. The lowest BCUT2D eigenvalue weighted by atomic mass is 10.2. The number of nitro benzene ring substituents is 2. The topological polar surface area (TPSA) is 141 Å². The third-order valence-electron chi connectivity index (χ3n) is 2.04. The lowest BCUT2D eigenvalue weighted by molar-refractivity contribution is -0.395. The van der Waals surface area contributed by atoms with Crippen LogP contribution >= 0.6 is 0 Å². The van der Waals surface area contributed by atoms with Gasteiger partial charge in [-0.05, 0) is 6.85 Å². The van der Waals surface area contributed by atoms with Crippen LogP contribution in [0.15, 0.2) is 12.1 Å². The number of hydrogen-bond acceptors (Lipinski definition) is 6. The van der Waals surface area contributed by atoms with Gasteiger partial charge in [0.1, 0.15) is 11.7 Å². The normalized spacial score (nSPS) is 14.7. The van der Waals surface area contributed by atoms with Crippen molar-refractivity contribution in [1.82, 2.24) is 0 Å². The average Bonchev–Trinajstić information content (AvgIpc) is 2.33. The number of nitrogens with one attached hydrogen (secondary N) is 1. The summed E-state index contributed by atoms with van der Waals surface area (Å²) in [6.07, 6.45) is 0. The van der Waals surface area contributed by atoms with Gasteiger partial charge in [-0.2, -0.15) is 4.39 Å². The molecule has 0 aliphatic carbocycles. The molecule has 1 rings (SSSR count). The predicted molar refractivity (Wildman–Crippen MR) is 62.0 cm³/mol. The molecule has 10 heteroatoms. The van der Waals surface area contributed by atoms with Gasteiger partial charge in [-0.3, -0.25) is 25.0 Å². The molecule has 0 aliphatic heterocycles. The molecule has 3 N–H and O–H groups in total. The molecule has 0 saturated carbocycles. The van der Waals surface area contributed by atoms with Gasteiger partial charge >= 0.3 is 5.69 Å². The number of hydrogen-bond donors (Lipinski definition) is 2. The Morgan fingerprint density at radius 2 is 2.00 bits per heavy atom. The van der Waals surface area contributed by atoms with E-state index in [1.54, 1.807) is 0 Å². The minimum atomic E-state index is -2.96. The van der Waals surface area contributed by atoms with Gasteiger partial charge in [0.25, 0.3) is 5.69 Å². The Hall–Kier alpha value is -2.78. The summed E-state index contributed by atoms with van der Waals surface area (Å²) < 4.78 is 34.9. The summed E-state index contributed by atoms with van der Waals surface area (Å²) in [6.45, 7) is -2.96. The van der Waals surface area contributed by atoms with Crippen molar-refractivity contribution in [2.24, 2.45) is 5.73 Å². The summed E-state index contributed by atoms with van der Waals surface area (Å²) >= 11 is 0. The van der Waals surface area contributed by atoms with Crippen molar-refractivity contribution >= 4 is 23.0 Å². The fourth-order valence-corrected chi connectivity index (χ4v) is 1.18. The summed E-state index contributed by atoms with van der Waals surface area (Å²) in [5, 5.41) is 23.4. The minimum Gasteiger partial charge on any atom is -0.368 e. The first-order valence-electron chi connectivity index (χ1n) is 6.13. The summed E-state index contributed by atoms with van der Waals surface area (Å²) in [5.74, 6) is -2.79. The second-order valence-corrected chi connectivity index (χ2v) is 3.31. The molecule has 0 aliphatic rings. The smallest absolute Gasteiger partial charge is 0.311 e. The molecule has 0 unspecified atom stereocenters. The molecule has 1 aromatic rings. The van der Waals surface area contributed by atoms with Crippen molar-refractivity contribution in [3.05, 3.63) is 38.2 Å². The van der Waals surface area contributed by atoms with Crippen molar-refractivity contribution in [2.45, 2.75) is 12.9 Å². The maximum absolute atomic E-state index is 13.5. The molecule has 0 heterocycles. The predicted octanol–water partition coefficient (Wildman–Crippen LogP) is 0.928. The zero-order valence-corrected chi connectivity index (χ0v) is 9.12. The van der Waals surface area contributed by atoms with Gasteiger partial charge in [0.15, 0.2) is 0 Å². The third kappa shape index (κ3) is 3.12. The first-order chi connectivity index (χ1) is 9.95. The number of nitrogens with zero attached hydrogens (tertiary/aromatic N) is 2. The van der Waals surface area contributed by atoms with Gasteiger partial charge in [-0.25, -0.2) is 0 Å². The molecule has 9 nitrogen and oxygen atoms in total. The molecule has 102 valence electrons. The second kappa shape index (κ2) is 5.25. The minimum absolute atomic E-state index is 0.315.